The van der Waals surface area contributed by atoms with Crippen LogP contribution in [0.4, 0.5) is 14.5 Å². The molecule has 16 heavy (non-hydrogen) atoms. The summed E-state index contributed by atoms with van der Waals surface area (Å²) in [5, 5.41) is 0. The highest BCUT2D eigenvalue weighted by molar-refractivity contribution is 5.48. The monoisotopic (exact) mass is 226 g/mol. The Balaban J connectivity index is 2.16. The predicted molar refractivity (Wildman–Crippen MR) is 60.7 cm³/mol. The molecule has 1 saturated heterocycles. The van der Waals surface area contributed by atoms with Crippen molar-refractivity contribution in [3.8, 4) is 0 Å². The third kappa shape index (κ3) is 2.50. The van der Waals surface area contributed by atoms with Crippen molar-refractivity contribution in [2.24, 2.45) is 0 Å². The highest BCUT2D eigenvalue weighted by atomic mass is 19.1. The summed E-state index contributed by atoms with van der Waals surface area (Å²) in [7, 11) is 2.06. The van der Waals surface area contributed by atoms with Crippen molar-refractivity contribution >= 4 is 5.69 Å². The number of hydrogen-bond acceptors (Lipinski definition) is 2. The maximum absolute atomic E-state index is 13.6. The molecule has 0 aromatic heterocycles. The minimum Gasteiger partial charge on any atom is -0.368 e. The number of hydrogen-bond donors (Lipinski definition) is 0. The summed E-state index contributed by atoms with van der Waals surface area (Å²) in [6.45, 7) is 3.56. The fourth-order valence-corrected chi connectivity index (χ4v) is 2.03. The van der Waals surface area contributed by atoms with E-state index in [2.05, 4.69) is 11.9 Å². The standard InChI is InChI=1S/C12H16F2N2/c1-15-5-2-6-16(8-7-15)12-4-3-10(13)9-11(12)14/h3-4,9H,2,5-8H2,1H3. The zero-order chi connectivity index (χ0) is 11.5. The number of likely N-dealkylation sites (N-methyl/N-ethyl adjacent to an activating group) is 1. The van der Waals surface area contributed by atoms with Gasteiger partial charge in [-0.25, -0.2) is 8.78 Å². The van der Waals surface area contributed by atoms with Crippen LogP contribution < -0.4 is 4.90 Å². The normalized spacial score (nSPS) is 18.6. The minimum absolute atomic E-state index is 0.468. The lowest BCUT2D eigenvalue weighted by molar-refractivity contribution is 0.360. The van der Waals surface area contributed by atoms with Crippen LogP contribution >= 0.6 is 0 Å². The second kappa shape index (κ2) is 4.78. The molecule has 1 aliphatic rings. The molecular weight excluding hydrogens is 210 g/mol. The molecule has 0 aliphatic carbocycles. The second-order valence-electron chi connectivity index (χ2n) is 4.24. The Morgan fingerprint density at radius 2 is 1.88 bits per heavy atom. The first kappa shape index (κ1) is 11.3. The lowest BCUT2D eigenvalue weighted by Gasteiger charge is -2.23. The van der Waals surface area contributed by atoms with E-state index in [0.717, 1.165) is 38.7 Å². The molecule has 2 nitrogen and oxygen atoms in total. The van der Waals surface area contributed by atoms with E-state index in [1.54, 1.807) is 0 Å². The molecule has 1 aromatic carbocycles. The molecule has 0 radical (unpaired) electrons. The summed E-state index contributed by atoms with van der Waals surface area (Å²) in [5.41, 5.74) is 0.511. The van der Waals surface area contributed by atoms with E-state index >= 15 is 0 Å². The Bertz CT molecular complexity index is 368. The fraction of sp³-hybridized carbons (Fsp3) is 0.500. The van der Waals surface area contributed by atoms with Gasteiger partial charge in [-0.3, -0.25) is 0 Å². The number of anilines is 1. The first-order valence-electron chi connectivity index (χ1n) is 5.55. The molecule has 4 heteroatoms. The molecule has 0 N–H and O–H groups in total. The zero-order valence-corrected chi connectivity index (χ0v) is 9.42. The zero-order valence-electron chi connectivity index (χ0n) is 9.42. The van der Waals surface area contributed by atoms with Gasteiger partial charge < -0.3 is 9.80 Å². The van der Waals surface area contributed by atoms with Crippen LogP contribution in [-0.2, 0) is 0 Å². The molecule has 0 spiro atoms. The van der Waals surface area contributed by atoms with Crippen molar-refractivity contribution < 1.29 is 8.78 Å². The van der Waals surface area contributed by atoms with Gasteiger partial charge in [-0.05, 0) is 32.1 Å². The van der Waals surface area contributed by atoms with Gasteiger partial charge in [0.2, 0.25) is 0 Å². The van der Waals surface area contributed by atoms with Gasteiger partial charge >= 0.3 is 0 Å². The topological polar surface area (TPSA) is 6.48 Å². The summed E-state index contributed by atoms with van der Waals surface area (Å²) in [5.74, 6) is -0.988. The summed E-state index contributed by atoms with van der Waals surface area (Å²) in [6.07, 6.45) is 1.01. The van der Waals surface area contributed by atoms with Crippen LogP contribution in [0.5, 0.6) is 0 Å². The van der Waals surface area contributed by atoms with Gasteiger partial charge in [0.05, 0.1) is 5.69 Å². The van der Waals surface area contributed by atoms with Gasteiger partial charge in [0.15, 0.2) is 0 Å². The summed E-state index contributed by atoms with van der Waals surface area (Å²) in [4.78, 5) is 4.21. The number of benzene rings is 1. The first-order chi connectivity index (χ1) is 7.66. The van der Waals surface area contributed by atoms with E-state index in [-0.39, 0.29) is 0 Å². The van der Waals surface area contributed by atoms with Crippen molar-refractivity contribution in [1.82, 2.24) is 4.90 Å². The third-order valence-electron chi connectivity index (χ3n) is 2.97. The Morgan fingerprint density at radius 1 is 1.06 bits per heavy atom. The number of rotatable bonds is 1. The summed E-state index contributed by atoms with van der Waals surface area (Å²) in [6, 6.07) is 3.78. The minimum atomic E-state index is -0.520. The van der Waals surface area contributed by atoms with Crippen LogP contribution in [-0.4, -0.2) is 38.1 Å². The van der Waals surface area contributed by atoms with E-state index in [1.165, 1.54) is 12.1 Å². The van der Waals surface area contributed by atoms with E-state index < -0.39 is 11.6 Å². The van der Waals surface area contributed by atoms with Crippen molar-refractivity contribution in [1.29, 1.82) is 0 Å². The van der Waals surface area contributed by atoms with Gasteiger partial charge in [-0.15, -0.1) is 0 Å². The molecule has 1 aromatic rings. The predicted octanol–water partition coefficient (Wildman–Crippen LogP) is 2.11. The maximum Gasteiger partial charge on any atom is 0.149 e. The molecule has 1 heterocycles. The van der Waals surface area contributed by atoms with Gasteiger partial charge in [0.1, 0.15) is 11.6 Å². The molecule has 1 fully saturated rings. The average Bonchev–Trinajstić information content (AvgIpc) is 2.43. The second-order valence-corrected chi connectivity index (χ2v) is 4.24. The van der Waals surface area contributed by atoms with Crippen molar-refractivity contribution in [2.75, 3.05) is 38.1 Å². The Morgan fingerprint density at radius 3 is 2.62 bits per heavy atom. The van der Waals surface area contributed by atoms with Crippen LogP contribution in [0.25, 0.3) is 0 Å². The fourth-order valence-electron chi connectivity index (χ4n) is 2.03. The smallest absolute Gasteiger partial charge is 0.149 e. The third-order valence-corrected chi connectivity index (χ3v) is 2.97. The molecule has 1 aliphatic heterocycles. The lowest BCUT2D eigenvalue weighted by atomic mass is 10.2. The molecule has 0 amide bonds. The molecule has 0 atom stereocenters. The van der Waals surface area contributed by atoms with Gasteiger partial charge in [-0.1, -0.05) is 0 Å². The van der Waals surface area contributed by atoms with E-state index in [0.29, 0.717) is 5.69 Å². The summed E-state index contributed by atoms with van der Waals surface area (Å²) < 4.78 is 26.4. The van der Waals surface area contributed by atoms with Crippen molar-refractivity contribution in [3.05, 3.63) is 29.8 Å². The quantitative estimate of drug-likeness (QED) is 0.723. The lowest BCUT2D eigenvalue weighted by Crippen LogP contribution is -2.29. The highest BCUT2D eigenvalue weighted by Gasteiger charge is 2.15. The van der Waals surface area contributed by atoms with Gasteiger partial charge in [0.25, 0.3) is 0 Å². The van der Waals surface area contributed by atoms with Crippen LogP contribution in [0.3, 0.4) is 0 Å². The van der Waals surface area contributed by atoms with Crippen molar-refractivity contribution in [3.63, 3.8) is 0 Å². The molecular formula is C12H16F2N2. The molecule has 0 unspecified atom stereocenters. The SMILES string of the molecule is CN1CCCN(c2ccc(F)cc2F)CC1. The highest BCUT2D eigenvalue weighted by Crippen LogP contribution is 2.21. The summed E-state index contributed by atoms with van der Waals surface area (Å²) >= 11 is 0. The van der Waals surface area contributed by atoms with Crippen LogP contribution in [0.15, 0.2) is 18.2 Å². The maximum atomic E-state index is 13.6. The van der Waals surface area contributed by atoms with Crippen LogP contribution in [0, 0.1) is 11.6 Å². The van der Waals surface area contributed by atoms with E-state index in [1.807, 2.05) is 4.90 Å². The van der Waals surface area contributed by atoms with E-state index in [9.17, 15) is 8.78 Å². The molecule has 88 valence electrons. The largest absolute Gasteiger partial charge is 0.368 e. The molecule has 0 saturated carbocycles. The van der Waals surface area contributed by atoms with Crippen LogP contribution in [0.1, 0.15) is 6.42 Å². The number of nitrogens with zero attached hydrogens (tertiary/aromatic N) is 2. The number of halogens is 2. The van der Waals surface area contributed by atoms with Gasteiger partial charge in [-0.2, -0.15) is 0 Å². The Labute approximate surface area is 94.5 Å². The Hall–Kier alpha value is -1.16. The van der Waals surface area contributed by atoms with Gasteiger partial charge in [0, 0.05) is 25.7 Å². The van der Waals surface area contributed by atoms with Crippen molar-refractivity contribution in [2.45, 2.75) is 6.42 Å². The molecule has 2 rings (SSSR count). The molecule has 0 bridgehead atoms. The van der Waals surface area contributed by atoms with Crippen LogP contribution in [0.2, 0.25) is 0 Å². The van der Waals surface area contributed by atoms with E-state index in [4.69, 9.17) is 0 Å². The Kier molecular flexibility index (Phi) is 3.39. The first-order valence-corrected chi connectivity index (χ1v) is 5.55. The average molecular weight is 226 g/mol.